The van der Waals surface area contributed by atoms with Crippen LogP contribution in [0.3, 0.4) is 0 Å². The highest BCUT2D eigenvalue weighted by Crippen LogP contribution is 2.19. The van der Waals surface area contributed by atoms with Crippen molar-refractivity contribution in [3.63, 3.8) is 0 Å². The Hall–Kier alpha value is -0.120. The quantitative estimate of drug-likeness (QED) is 0.716. The fourth-order valence-corrected chi connectivity index (χ4v) is 2.91. The van der Waals surface area contributed by atoms with Crippen molar-refractivity contribution in [2.24, 2.45) is 5.92 Å². The summed E-state index contributed by atoms with van der Waals surface area (Å²) < 4.78 is 0. The summed E-state index contributed by atoms with van der Waals surface area (Å²) in [5, 5.41) is 3.70. The molecule has 1 rings (SSSR count). The van der Waals surface area contributed by atoms with Crippen molar-refractivity contribution in [3.05, 3.63) is 0 Å². The van der Waals surface area contributed by atoms with Gasteiger partial charge in [0, 0.05) is 12.6 Å². The fourth-order valence-electron chi connectivity index (χ4n) is 2.91. The molecule has 1 N–H and O–H groups in total. The molecule has 2 unspecified atom stereocenters. The van der Waals surface area contributed by atoms with Crippen LogP contribution in [0.5, 0.6) is 0 Å². The first-order valence-corrected chi connectivity index (χ1v) is 7.76. The molecular weight excluding hydrogens is 222 g/mol. The third-order valence-corrected chi connectivity index (χ3v) is 4.19. The molecule has 18 heavy (non-hydrogen) atoms. The maximum Gasteiger partial charge on any atom is 0.0197 e. The lowest BCUT2D eigenvalue weighted by molar-refractivity contribution is 0.199. The highest BCUT2D eigenvalue weighted by molar-refractivity contribution is 4.80. The number of likely N-dealkylation sites (N-methyl/N-ethyl adjacent to an activating group) is 1. The van der Waals surface area contributed by atoms with Gasteiger partial charge < -0.3 is 15.1 Å². The SMILES string of the molecule is CCC1CCNC(CN(CC)CCCN(C)C)C1. The van der Waals surface area contributed by atoms with Crippen LogP contribution in [0.4, 0.5) is 0 Å². The molecule has 0 aromatic heterocycles. The van der Waals surface area contributed by atoms with E-state index in [1.54, 1.807) is 0 Å². The molecule has 0 saturated carbocycles. The predicted octanol–water partition coefficient (Wildman–Crippen LogP) is 2.04. The van der Waals surface area contributed by atoms with Crippen LogP contribution in [-0.4, -0.2) is 62.7 Å². The summed E-state index contributed by atoms with van der Waals surface area (Å²) in [4.78, 5) is 4.89. The topological polar surface area (TPSA) is 18.5 Å². The Balaban J connectivity index is 2.24. The van der Waals surface area contributed by atoms with Gasteiger partial charge >= 0.3 is 0 Å². The number of nitrogens with zero attached hydrogens (tertiary/aromatic N) is 2. The van der Waals surface area contributed by atoms with Crippen molar-refractivity contribution < 1.29 is 0 Å². The average Bonchev–Trinajstić information content (AvgIpc) is 2.37. The molecule has 1 heterocycles. The Morgan fingerprint density at radius 3 is 2.56 bits per heavy atom. The Morgan fingerprint density at radius 2 is 1.94 bits per heavy atom. The maximum absolute atomic E-state index is 3.70. The van der Waals surface area contributed by atoms with E-state index < -0.39 is 0 Å². The zero-order valence-electron chi connectivity index (χ0n) is 12.9. The molecule has 0 aliphatic carbocycles. The monoisotopic (exact) mass is 255 g/mol. The van der Waals surface area contributed by atoms with Gasteiger partial charge in [-0.25, -0.2) is 0 Å². The minimum atomic E-state index is 0.725. The summed E-state index contributed by atoms with van der Waals surface area (Å²) in [6.07, 6.45) is 5.39. The number of nitrogens with one attached hydrogen (secondary N) is 1. The van der Waals surface area contributed by atoms with Crippen LogP contribution in [0.1, 0.15) is 39.5 Å². The molecule has 1 aliphatic heterocycles. The second kappa shape index (κ2) is 8.89. The summed E-state index contributed by atoms with van der Waals surface area (Å²) in [5.74, 6) is 0.955. The summed E-state index contributed by atoms with van der Waals surface area (Å²) in [6, 6.07) is 0.725. The Bertz CT molecular complexity index is 206. The highest BCUT2D eigenvalue weighted by atomic mass is 15.2. The van der Waals surface area contributed by atoms with E-state index in [1.807, 2.05) is 0 Å². The second-order valence-corrected chi connectivity index (χ2v) is 6.00. The minimum Gasteiger partial charge on any atom is -0.313 e. The number of piperidine rings is 1. The van der Waals surface area contributed by atoms with E-state index in [0.717, 1.165) is 12.0 Å². The maximum atomic E-state index is 3.70. The molecule has 108 valence electrons. The van der Waals surface area contributed by atoms with Crippen molar-refractivity contribution in [2.75, 3.05) is 46.8 Å². The first kappa shape index (κ1) is 15.9. The minimum absolute atomic E-state index is 0.725. The van der Waals surface area contributed by atoms with E-state index in [0.29, 0.717) is 0 Å². The van der Waals surface area contributed by atoms with Crippen molar-refractivity contribution in [2.45, 2.75) is 45.6 Å². The van der Waals surface area contributed by atoms with Crippen molar-refractivity contribution in [1.82, 2.24) is 15.1 Å². The third-order valence-electron chi connectivity index (χ3n) is 4.19. The molecule has 0 aromatic rings. The molecule has 0 bridgehead atoms. The van der Waals surface area contributed by atoms with Gasteiger partial charge in [-0.2, -0.15) is 0 Å². The van der Waals surface area contributed by atoms with Gasteiger partial charge in [0.15, 0.2) is 0 Å². The van der Waals surface area contributed by atoms with E-state index in [2.05, 4.69) is 43.1 Å². The summed E-state index contributed by atoms with van der Waals surface area (Å²) in [7, 11) is 4.32. The van der Waals surface area contributed by atoms with Gasteiger partial charge in [-0.1, -0.05) is 20.3 Å². The third kappa shape index (κ3) is 6.17. The first-order chi connectivity index (χ1) is 8.65. The lowest BCUT2D eigenvalue weighted by Gasteiger charge is -2.33. The van der Waals surface area contributed by atoms with E-state index in [9.17, 15) is 0 Å². The van der Waals surface area contributed by atoms with E-state index in [-0.39, 0.29) is 0 Å². The number of rotatable bonds is 8. The molecule has 2 atom stereocenters. The van der Waals surface area contributed by atoms with Gasteiger partial charge in [-0.05, 0) is 65.5 Å². The zero-order chi connectivity index (χ0) is 13.4. The zero-order valence-corrected chi connectivity index (χ0v) is 12.9. The molecular formula is C15H33N3. The highest BCUT2D eigenvalue weighted by Gasteiger charge is 2.21. The normalized spacial score (nSPS) is 25.0. The van der Waals surface area contributed by atoms with Crippen LogP contribution in [0, 0.1) is 5.92 Å². The standard InChI is InChI=1S/C15H33N3/c1-5-14-8-9-16-15(12-14)13-18(6-2)11-7-10-17(3)4/h14-16H,5-13H2,1-4H3. The second-order valence-electron chi connectivity index (χ2n) is 6.00. The Morgan fingerprint density at radius 1 is 1.17 bits per heavy atom. The molecule has 0 spiro atoms. The smallest absolute Gasteiger partial charge is 0.0197 e. The van der Waals surface area contributed by atoms with Crippen LogP contribution in [0.25, 0.3) is 0 Å². The Kier molecular flexibility index (Phi) is 7.87. The summed E-state index contributed by atoms with van der Waals surface area (Å²) >= 11 is 0. The summed E-state index contributed by atoms with van der Waals surface area (Å²) in [6.45, 7) is 10.7. The molecule has 1 fully saturated rings. The summed E-state index contributed by atoms with van der Waals surface area (Å²) in [5.41, 5.74) is 0. The molecule has 0 radical (unpaired) electrons. The van der Waals surface area contributed by atoms with Gasteiger partial charge in [0.05, 0.1) is 0 Å². The average molecular weight is 255 g/mol. The predicted molar refractivity (Wildman–Crippen MR) is 80.1 cm³/mol. The largest absolute Gasteiger partial charge is 0.313 e. The number of hydrogen-bond acceptors (Lipinski definition) is 3. The molecule has 1 saturated heterocycles. The molecule has 3 nitrogen and oxygen atoms in total. The van der Waals surface area contributed by atoms with E-state index >= 15 is 0 Å². The molecule has 0 amide bonds. The van der Waals surface area contributed by atoms with Crippen LogP contribution in [0.15, 0.2) is 0 Å². The lowest BCUT2D eigenvalue weighted by atomic mass is 9.90. The van der Waals surface area contributed by atoms with Crippen molar-refractivity contribution >= 4 is 0 Å². The Labute approximate surface area is 114 Å². The van der Waals surface area contributed by atoms with Crippen molar-refractivity contribution in [1.29, 1.82) is 0 Å². The van der Waals surface area contributed by atoms with Gasteiger partial charge in [-0.15, -0.1) is 0 Å². The lowest BCUT2D eigenvalue weighted by Crippen LogP contribution is -2.46. The molecule has 1 aliphatic rings. The number of hydrogen-bond donors (Lipinski definition) is 1. The van der Waals surface area contributed by atoms with Gasteiger partial charge in [0.1, 0.15) is 0 Å². The van der Waals surface area contributed by atoms with Crippen molar-refractivity contribution in [3.8, 4) is 0 Å². The first-order valence-electron chi connectivity index (χ1n) is 7.76. The van der Waals surface area contributed by atoms with Gasteiger partial charge in [0.2, 0.25) is 0 Å². The van der Waals surface area contributed by atoms with E-state index in [4.69, 9.17) is 0 Å². The molecule has 3 heteroatoms. The van der Waals surface area contributed by atoms with Gasteiger partial charge in [-0.3, -0.25) is 0 Å². The van der Waals surface area contributed by atoms with Crippen LogP contribution >= 0.6 is 0 Å². The fraction of sp³-hybridized carbons (Fsp3) is 1.00. The van der Waals surface area contributed by atoms with Crippen LogP contribution in [0.2, 0.25) is 0 Å². The molecule has 0 aromatic carbocycles. The van der Waals surface area contributed by atoms with Crippen LogP contribution < -0.4 is 5.32 Å². The van der Waals surface area contributed by atoms with Gasteiger partial charge in [0.25, 0.3) is 0 Å². The van der Waals surface area contributed by atoms with Crippen LogP contribution in [-0.2, 0) is 0 Å². The van der Waals surface area contributed by atoms with E-state index in [1.165, 1.54) is 58.4 Å².